The van der Waals surface area contributed by atoms with Gasteiger partial charge in [-0.2, -0.15) is 0 Å². The maximum absolute atomic E-state index is 12.6. The first-order valence-corrected chi connectivity index (χ1v) is 11.7. The number of anilines is 1. The van der Waals surface area contributed by atoms with Gasteiger partial charge in [0.15, 0.2) is 0 Å². The molecule has 6 nitrogen and oxygen atoms in total. The number of benzene rings is 2. The third-order valence-electron chi connectivity index (χ3n) is 4.33. The van der Waals surface area contributed by atoms with Crippen LogP contribution >= 0.6 is 11.6 Å². The number of halogens is 1. The van der Waals surface area contributed by atoms with E-state index >= 15 is 0 Å². The molecule has 0 aliphatic rings. The lowest BCUT2D eigenvalue weighted by molar-refractivity contribution is -0.121. The molecule has 1 amide bonds. The molecule has 0 aromatic heterocycles. The van der Waals surface area contributed by atoms with Gasteiger partial charge in [0.1, 0.15) is 11.8 Å². The van der Waals surface area contributed by atoms with Crippen molar-refractivity contribution in [1.82, 2.24) is 5.32 Å². The van der Waals surface area contributed by atoms with Crippen molar-refractivity contribution in [3.63, 3.8) is 0 Å². The monoisotopic (exact) mass is 438 g/mol. The van der Waals surface area contributed by atoms with Gasteiger partial charge in [0.25, 0.3) is 0 Å². The van der Waals surface area contributed by atoms with Crippen LogP contribution in [0.5, 0.6) is 5.75 Å². The van der Waals surface area contributed by atoms with Gasteiger partial charge in [-0.3, -0.25) is 9.10 Å². The van der Waals surface area contributed by atoms with Crippen LogP contribution < -0.4 is 14.4 Å². The maximum Gasteiger partial charge on any atom is 0.243 e. The van der Waals surface area contributed by atoms with Crippen LogP contribution in [0.15, 0.2) is 48.5 Å². The van der Waals surface area contributed by atoms with E-state index in [2.05, 4.69) is 5.32 Å². The van der Waals surface area contributed by atoms with Gasteiger partial charge in [0, 0.05) is 11.6 Å². The Hall–Kier alpha value is -2.25. The van der Waals surface area contributed by atoms with Crippen LogP contribution in [0.3, 0.4) is 0 Å². The number of hydrogen-bond donors (Lipinski definition) is 1. The van der Waals surface area contributed by atoms with E-state index in [-0.39, 0.29) is 5.91 Å². The van der Waals surface area contributed by atoms with Crippen LogP contribution in [0.4, 0.5) is 5.69 Å². The summed E-state index contributed by atoms with van der Waals surface area (Å²) in [5.41, 5.74) is 1.50. The molecule has 158 valence electrons. The lowest BCUT2D eigenvalue weighted by Gasteiger charge is -2.28. The summed E-state index contributed by atoms with van der Waals surface area (Å²) in [6.07, 6.45) is 2.61. The number of nitrogens with one attached hydrogen (secondary N) is 1. The third kappa shape index (κ3) is 6.94. The highest BCUT2D eigenvalue weighted by Crippen LogP contribution is 2.24. The van der Waals surface area contributed by atoms with Crippen molar-refractivity contribution in [2.45, 2.75) is 32.7 Å². The molecule has 0 aliphatic heterocycles. The van der Waals surface area contributed by atoms with Gasteiger partial charge in [0.05, 0.1) is 18.6 Å². The number of ether oxygens (including phenoxy) is 1. The average Bonchev–Trinajstić information content (AvgIpc) is 2.65. The van der Waals surface area contributed by atoms with Crippen LogP contribution in [-0.4, -0.2) is 39.8 Å². The molecule has 0 aliphatic carbocycles. The largest absolute Gasteiger partial charge is 0.494 e. The lowest BCUT2D eigenvalue weighted by Crippen LogP contribution is -2.48. The van der Waals surface area contributed by atoms with E-state index in [1.165, 1.54) is 6.07 Å². The first-order chi connectivity index (χ1) is 13.7. The molecular formula is C21H27ClN2O4S. The highest BCUT2D eigenvalue weighted by molar-refractivity contribution is 7.92. The molecule has 2 aromatic carbocycles. The van der Waals surface area contributed by atoms with Crippen molar-refractivity contribution in [3.05, 3.63) is 59.1 Å². The Morgan fingerprint density at radius 3 is 2.48 bits per heavy atom. The Balaban J connectivity index is 1.92. The maximum atomic E-state index is 12.6. The summed E-state index contributed by atoms with van der Waals surface area (Å²) in [6.45, 7) is 4.57. The predicted octanol–water partition coefficient (Wildman–Crippen LogP) is 3.64. The quantitative estimate of drug-likeness (QED) is 0.574. The summed E-state index contributed by atoms with van der Waals surface area (Å²) in [6, 6.07) is 13.4. The molecular weight excluding hydrogens is 412 g/mol. The van der Waals surface area contributed by atoms with Gasteiger partial charge in [-0.25, -0.2) is 8.42 Å². The molecule has 0 unspecified atom stereocenters. The fourth-order valence-corrected chi connectivity index (χ4v) is 4.34. The molecule has 0 saturated carbocycles. The van der Waals surface area contributed by atoms with Crippen LogP contribution in [-0.2, 0) is 21.2 Å². The molecule has 0 fully saturated rings. The number of aryl methyl sites for hydroxylation is 1. The standard InChI is InChI=1S/C21H27ClN2O4S/c1-4-28-20-12-10-17(11-13-20)7-6-14-23-21(25)16(2)24(29(3,26)27)19-9-5-8-18(22)15-19/h5,8-13,15-16H,4,6-7,14H2,1-3H3,(H,23,25)/t16-/m1/s1. The summed E-state index contributed by atoms with van der Waals surface area (Å²) in [4.78, 5) is 12.6. The van der Waals surface area contributed by atoms with Gasteiger partial charge in [-0.15, -0.1) is 0 Å². The van der Waals surface area contributed by atoms with E-state index in [0.29, 0.717) is 23.9 Å². The van der Waals surface area contributed by atoms with Gasteiger partial charge in [0.2, 0.25) is 15.9 Å². The Morgan fingerprint density at radius 1 is 1.21 bits per heavy atom. The molecule has 0 radical (unpaired) electrons. The lowest BCUT2D eigenvalue weighted by atomic mass is 10.1. The van der Waals surface area contributed by atoms with Gasteiger partial charge in [-0.1, -0.05) is 29.8 Å². The van der Waals surface area contributed by atoms with Crippen LogP contribution in [0.25, 0.3) is 0 Å². The Morgan fingerprint density at radius 2 is 1.90 bits per heavy atom. The molecule has 2 rings (SSSR count). The van der Waals surface area contributed by atoms with Crippen molar-refractivity contribution in [1.29, 1.82) is 0 Å². The Kier molecular flexibility index (Phi) is 8.34. The Labute approximate surface area is 177 Å². The Bertz CT molecular complexity index is 917. The van der Waals surface area contributed by atoms with Crippen molar-refractivity contribution in [3.8, 4) is 5.75 Å². The van der Waals surface area contributed by atoms with E-state index in [4.69, 9.17) is 16.3 Å². The number of amides is 1. The van der Waals surface area contributed by atoms with Gasteiger partial charge >= 0.3 is 0 Å². The summed E-state index contributed by atoms with van der Waals surface area (Å²) in [5, 5.41) is 3.22. The second-order valence-electron chi connectivity index (χ2n) is 6.69. The average molecular weight is 439 g/mol. The summed E-state index contributed by atoms with van der Waals surface area (Å²) in [5.74, 6) is 0.474. The van der Waals surface area contributed by atoms with Gasteiger partial charge < -0.3 is 10.1 Å². The molecule has 0 spiro atoms. The number of nitrogens with zero attached hydrogens (tertiary/aromatic N) is 1. The third-order valence-corrected chi connectivity index (χ3v) is 5.80. The normalized spacial score (nSPS) is 12.3. The highest BCUT2D eigenvalue weighted by Gasteiger charge is 2.28. The minimum atomic E-state index is -3.66. The van der Waals surface area contributed by atoms with Crippen molar-refractivity contribution in [2.24, 2.45) is 0 Å². The molecule has 2 aromatic rings. The summed E-state index contributed by atoms with van der Waals surface area (Å²) < 4.78 is 31.0. The number of hydrogen-bond acceptors (Lipinski definition) is 4. The predicted molar refractivity (Wildman–Crippen MR) is 117 cm³/mol. The molecule has 1 N–H and O–H groups in total. The number of carbonyl (C=O) groups excluding carboxylic acids is 1. The molecule has 0 bridgehead atoms. The minimum absolute atomic E-state index is 0.358. The van der Waals surface area contributed by atoms with Crippen molar-refractivity contribution < 1.29 is 17.9 Å². The van der Waals surface area contributed by atoms with Crippen molar-refractivity contribution in [2.75, 3.05) is 23.7 Å². The van der Waals surface area contributed by atoms with Crippen LogP contribution in [0, 0.1) is 0 Å². The second kappa shape index (κ2) is 10.5. The highest BCUT2D eigenvalue weighted by atomic mass is 35.5. The molecule has 0 saturated heterocycles. The molecule has 8 heteroatoms. The topological polar surface area (TPSA) is 75.7 Å². The molecule has 29 heavy (non-hydrogen) atoms. The van der Waals surface area contributed by atoms with E-state index in [9.17, 15) is 13.2 Å². The van der Waals surface area contributed by atoms with E-state index in [0.717, 1.165) is 34.7 Å². The van der Waals surface area contributed by atoms with Gasteiger partial charge in [-0.05, 0) is 62.6 Å². The fraction of sp³-hybridized carbons (Fsp3) is 0.381. The molecule has 0 heterocycles. The van der Waals surface area contributed by atoms with Crippen molar-refractivity contribution >= 4 is 33.2 Å². The number of sulfonamides is 1. The number of carbonyl (C=O) groups is 1. The summed E-state index contributed by atoms with van der Waals surface area (Å²) in [7, 11) is -3.66. The molecule has 1 atom stereocenters. The zero-order valence-electron chi connectivity index (χ0n) is 16.9. The summed E-state index contributed by atoms with van der Waals surface area (Å²) >= 11 is 5.98. The smallest absolute Gasteiger partial charge is 0.243 e. The number of rotatable bonds is 10. The van der Waals surface area contributed by atoms with E-state index in [1.54, 1.807) is 25.1 Å². The second-order valence-corrected chi connectivity index (χ2v) is 8.98. The van der Waals surface area contributed by atoms with Crippen LogP contribution in [0.2, 0.25) is 5.02 Å². The first-order valence-electron chi connectivity index (χ1n) is 9.46. The fourth-order valence-electron chi connectivity index (χ4n) is 2.99. The SMILES string of the molecule is CCOc1ccc(CCCNC(=O)[C@@H](C)N(c2cccc(Cl)c2)S(C)(=O)=O)cc1. The van der Waals surface area contributed by atoms with E-state index < -0.39 is 16.1 Å². The zero-order valence-corrected chi connectivity index (χ0v) is 18.5. The minimum Gasteiger partial charge on any atom is -0.494 e. The van der Waals surface area contributed by atoms with Crippen LogP contribution in [0.1, 0.15) is 25.8 Å². The van der Waals surface area contributed by atoms with E-state index in [1.807, 2.05) is 31.2 Å². The zero-order chi connectivity index (χ0) is 21.4. The first kappa shape index (κ1) is 23.0.